The second-order valence-electron chi connectivity index (χ2n) is 3.09. The van der Waals surface area contributed by atoms with E-state index in [4.69, 9.17) is 5.11 Å². The standard InChI is InChI=1S/C10H9N3O2/c1-13-9(11-6-12-13)7-3-2-4-8(5-7)10(14)15/h2-6H,1H3,(H,14,15). The van der Waals surface area contributed by atoms with Crippen molar-refractivity contribution in [3.05, 3.63) is 36.2 Å². The molecule has 1 heterocycles. The van der Waals surface area contributed by atoms with E-state index in [1.807, 2.05) is 0 Å². The van der Waals surface area contributed by atoms with Crippen LogP contribution in [0, 0.1) is 0 Å². The number of hydrogen-bond donors (Lipinski definition) is 1. The molecule has 2 aromatic rings. The van der Waals surface area contributed by atoms with Gasteiger partial charge in [0.05, 0.1) is 5.56 Å². The van der Waals surface area contributed by atoms with Gasteiger partial charge in [-0.05, 0) is 12.1 Å². The Bertz CT molecular complexity index is 505. The number of hydrogen-bond acceptors (Lipinski definition) is 3. The van der Waals surface area contributed by atoms with Crippen LogP contribution in [0.15, 0.2) is 30.6 Å². The predicted molar refractivity (Wildman–Crippen MR) is 53.4 cm³/mol. The van der Waals surface area contributed by atoms with Gasteiger partial charge in [-0.15, -0.1) is 0 Å². The molecule has 0 fully saturated rings. The van der Waals surface area contributed by atoms with Crippen LogP contribution in [0.4, 0.5) is 0 Å². The molecule has 76 valence electrons. The minimum Gasteiger partial charge on any atom is -0.478 e. The maximum absolute atomic E-state index is 10.8. The molecule has 1 aromatic heterocycles. The first kappa shape index (κ1) is 9.39. The van der Waals surface area contributed by atoms with Crippen molar-refractivity contribution in [1.82, 2.24) is 14.8 Å². The highest BCUT2D eigenvalue weighted by molar-refractivity contribution is 5.89. The number of aromatic nitrogens is 3. The second-order valence-corrected chi connectivity index (χ2v) is 3.09. The fourth-order valence-corrected chi connectivity index (χ4v) is 1.35. The molecule has 0 saturated heterocycles. The molecule has 0 unspecified atom stereocenters. The van der Waals surface area contributed by atoms with Gasteiger partial charge >= 0.3 is 5.97 Å². The van der Waals surface area contributed by atoms with E-state index in [9.17, 15) is 4.79 Å². The van der Waals surface area contributed by atoms with Crippen LogP contribution in [-0.2, 0) is 7.05 Å². The Labute approximate surface area is 86.0 Å². The second kappa shape index (κ2) is 3.53. The van der Waals surface area contributed by atoms with Gasteiger partial charge in [-0.3, -0.25) is 0 Å². The highest BCUT2D eigenvalue weighted by Gasteiger charge is 2.07. The fourth-order valence-electron chi connectivity index (χ4n) is 1.35. The average Bonchev–Trinajstić information content (AvgIpc) is 2.64. The van der Waals surface area contributed by atoms with Crippen molar-refractivity contribution in [1.29, 1.82) is 0 Å². The SMILES string of the molecule is Cn1ncnc1-c1cccc(C(=O)O)c1. The highest BCUT2D eigenvalue weighted by atomic mass is 16.4. The van der Waals surface area contributed by atoms with Crippen LogP contribution in [0.5, 0.6) is 0 Å². The lowest BCUT2D eigenvalue weighted by atomic mass is 10.1. The predicted octanol–water partition coefficient (Wildman–Crippen LogP) is 1.18. The Balaban J connectivity index is 2.50. The lowest BCUT2D eigenvalue weighted by Crippen LogP contribution is -1.98. The number of benzene rings is 1. The number of aromatic carboxylic acids is 1. The van der Waals surface area contributed by atoms with Crippen molar-refractivity contribution in [2.24, 2.45) is 7.05 Å². The third-order valence-corrected chi connectivity index (χ3v) is 2.08. The summed E-state index contributed by atoms with van der Waals surface area (Å²) in [6, 6.07) is 6.61. The number of nitrogens with zero attached hydrogens (tertiary/aromatic N) is 3. The Kier molecular flexibility index (Phi) is 2.21. The third kappa shape index (κ3) is 1.71. The van der Waals surface area contributed by atoms with Crippen molar-refractivity contribution < 1.29 is 9.90 Å². The summed E-state index contributed by atoms with van der Waals surface area (Å²) in [4.78, 5) is 14.8. The van der Waals surface area contributed by atoms with E-state index in [-0.39, 0.29) is 5.56 Å². The van der Waals surface area contributed by atoms with Crippen molar-refractivity contribution in [3.8, 4) is 11.4 Å². The number of aryl methyl sites for hydroxylation is 1. The van der Waals surface area contributed by atoms with Gasteiger partial charge in [-0.25, -0.2) is 14.5 Å². The summed E-state index contributed by atoms with van der Waals surface area (Å²) in [5, 5.41) is 12.8. The van der Waals surface area contributed by atoms with Crippen molar-refractivity contribution in [3.63, 3.8) is 0 Å². The van der Waals surface area contributed by atoms with Crippen molar-refractivity contribution in [2.75, 3.05) is 0 Å². The molecule has 1 N–H and O–H groups in total. The van der Waals surface area contributed by atoms with Crippen LogP contribution in [0.25, 0.3) is 11.4 Å². The summed E-state index contributed by atoms with van der Waals surface area (Å²) in [6.45, 7) is 0. The van der Waals surface area contributed by atoms with Crippen LogP contribution >= 0.6 is 0 Å². The van der Waals surface area contributed by atoms with Crippen LogP contribution in [-0.4, -0.2) is 25.8 Å². The van der Waals surface area contributed by atoms with Crippen LogP contribution in [0.3, 0.4) is 0 Å². The van der Waals surface area contributed by atoms with Gasteiger partial charge in [0.25, 0.3) is 0 Å². The average molecular weight is 203 g/mol. The van der Waals surface area contributed by atoms with Crippen molar-refractivity contribution in [2.45, 2.75) is 0 Å². The smallest absolute Gasteiger partial charge is 0.335 e. The van der Waals surface area contributed by atoms with Gasteiger partial charge < -0.3 is 5.11 Å². The van der Waals surface area contributed by atoms with Gasteiger partial charge in [-0.1, -0.05) is 12.1 Å². The number of carboxylic acids is 1. The molecular weight excluding hydrogens is 194 g/mol. The van der Waals surface area contributed by atoms with E-state index in [1.165, 1.54) is 6.33 Å². The van der Waals surface area contributed by atoms with Gasteiger partial charge in [0.15, 0.2) is 5.82 Å². The maximum atomic E-state index is 10.8. The Morgan fingerprint density at radius 3 is 2.87 bits per heavy atom. The molecule has 15 heavy (non-hydrogen) atoms. The number of carboxylic acid groups (broad SMARTS) is 1. The van der Waals surface area contributed by atoms with Gasteiger partial charge in [0.2, 0.25) is 0 Å². The normalized spacial score (nSPS) is 10.2. The summed E-state index contributed by atoms with van der Waals surface area (Å²) < 4.78 is 1.60. The minimum absolute atomic E-state index is 0.246. The Hall–Kier alpha value is -2.17. The highest BCUT2D eigenvalue weighted by Crippen LogP contribution is 2.16. The molecule has 0 bridgehead atoms. The molecule has 0 radical (unpaired) electrons. The summed E-state index contributed by atoms with van der Waals surface area (Å²) in [5.74, 6) is -0.294. The van der Waals surface area contributed by atoms with Crippen LogP contribution in [0.2, 0.25) is 0 Å². The molecule has 5 nitrogen and oxygen atoms in total. The molecule has 0 aliphatic heterocycles. The molecule has 0 aliphatic carbocycles. The van der Waals surface area contributed by atoms with E-state index < -0.39 is 5.97 Å². The molecule has 0 aliphatic rings. The van der Waals surface area contributed by atoms with E-state index in [0.29, 0.717) is 5.82 Å². The van der Waals surface area contributed by atoms with Crippen LogP contribution < -0.4 is 0 Å². The number of rotatable bonds is 2. The molecule has 5 heteroatoms. The largest absolute Gasteiger partial charge is 0.478 e. The summed E-state index contributed by atoms with van der Waals surface area (Å²) in [5.41, 5.74) is 0.991. The molecule has 0 atom stereocenters. The van der Waals surface area contributed by atoms with E-state index >= 15 is 0 Å². The third-order valence-electron chi connectivity index (χ3n) is 2.08. The van der Waals surface area contributed by atoms with Gasteiger partial charge in [0.1, 0.15) is 6.33 Å². The summed E-state index contributed by atoms with van der Waals surface area (Å²) in [6.07, 6.45) is 1.43. The van der Waals surface area contributed by atoms with E-state index in [1.54, 1.807) is 36.0 Å². The summed E-state index contributed by atoms with van der Waals surface area (Å²) in [7, 11) is 1.76. The lowest BCUT2D eigenvalue weighted by Gasteiger charge is -2.01. The zero-order chi connectivity index (χ0) is 10.8. The zero-order valence-corrected chi connectivity index (χ0v) is 8.08. The topological polar surface area (TPSA) is 68.0 Å². The Morgan fingerprint density at radius 1 is 1.47 bits per heavy atom. The van der Waals surface area contributed by atoms with Crippen molar-refractivity contribution >= 4 is 5.97 Å². The summed E-state index contributed by atoms with van der Waals surface area (Å²) >= 11 is 0. The van der Waals surface area contributed by atoms with E-state index in [0.717, 1.165) is 5.56 Å². The van der Waals surface area contributed by atoms with Gasteiger partial charge in [-0.2, -0.15) is 5.10 Å². The molecule has 1 aromatic carbocycles. The Morgan fingerprint density at radius 2 is 2.27 bits per heavy atom. The first-order valence-electron chi connectivity index (χ1n) is 4.36. The maximum Gasteiger partial charge on any atom is 0.335 e. The molecule has 0 saturated carbocycles. The lowest BCUT2D eigenvalue weighted by molar-refractivity contribution is 0.0697. The molecular formula is C10H9N3O2. The quantitative estimate of drug-likeness (QED) is 0.795. The van der Waals surface area contributed by atoms with Crippen LogP contribution in [0.1, 0.15) is 10.4 Å². The molecule has 0 amide bonds. The molecule has 2 rings (SSSR count). The minimum atomic E-state index is -0.945. The first-order chi connectivity index (χ1) is 7.18. The first-order valence-corrected chi connectivity index (χ1v) is 4.36. The fraction of sp³-hybridized carbons (Fsp3) is 0.100. The van der Waals surface area contributed by atoms with Gasteiger partial charge in [0, 0.05) is 12.6 Å². The van der Waals surface area contributed by atoms with E-state index in [2.05, 4.69) is 10.1 Å². The number of carbonyl (C=O) groups is 1. The zero-order valence-electron chi connectivity index (χ0n) is 8.08. The molecule has 0 spiro atoms. The monoisotopic (exact) mass is 203 g/mol.